The summed E-state index contributed by atoms with van der Waals surface area (Å²) < 4.78 is 83.9. The molecule has 1 atom stereocenters. The van der Waals surface area contributed by atoms with Crippen LogP contribution in [0.3, 0.4) is 0 Å². The third-order valence-electron chi connectivity index (χ3n) is 6.83. The van der Waals surface area contributed by atoms with E-state index >= 15 is 0 Å². The van der Waals surface area contributed by atoms with Gasteiger partial charge in [-0.25, -0.2) is 22.6 Å². The van der Waals surface area contributed by atoms with E-state index in [2.05, 4.69) is 10.4 Å². The van der Waals surface area contributed by atoms with Gasteiger partial charge in [0.1, 0.15) is 24.8 Å². The molecule has 1 aromatic heterocycles. The van der Waals surface area contributed by atoms with Crippen molar-refractivity contribution in [2.24, 2.45) is 5.28 Å². The fraction of sp³-hybridized carbons (Fsp3) is 0.419. The van der Waals surface area contributed by atoms with Gasteiger partial charge in [-0.1, -0.05) is 29.8 Å². The molecule has 0 aliphatic carbocycles. The number of ether oxygens (including phenoxy) is 3. The number of hydrazine groups is 1. The molecule has 0 spiro atoms. The Labute approximate surface area is 290 Å². The van der Waals surface area contributed by atoms with Crippen molar-refractivity contribution in [3.05, 3.63) is 71.1 Å². The predicted octanol–water partition coefficient (Wildman–Crippen LogP) is 4.79. The van der Waals surface area contributed by atoms with Gasteiger partial charge in [-0.15, -0.1) is 5.01 Å². The van der Waals surface area contributed by atoms with E-state index in [0.717, 1.165) is 33.5 Å². The van der Waals surface area contributed by atoms with Crippen LogP contribution < -0.4 is 4.72 Å². The van der Waals surface area contributed by atoms with Gasteiger partial charge in [0.15, 0.2) is 5.69 Å². The molecule has 0 saturated carbocycles. The lowest BCUT2D eigenvalue weighted by Gasteiger charge is -2.33. The Morgan fingerprint density at radius 2 is 1.69 bits per heavy atom. The molecule has 0 radical (unpaired) electrons. The summed E-state index contributed by atoms with van der Waals surface area (Å²) in [5.41, 5.74) is -0.333. The van der Waals surface area contributed by atoms with Gasteiger partial charge in [0, 0.05) is 18.9 Å². The highest BCUT2D eigenvalue weighted by molar-refractivity contribution is 7.90. The summed E-state index contributed by atoms with van der Waals surface area (Å²) in [6.45, 7) is 7.90. The minimum atomic E-state index is -4.73. The maximum Gasteiger partial charge on any atom is 0.511 e. The van der Waals surface area contributed by atoms with Crippen LogP contribution in [-0.2, 0) is 44.8 Å². The molecule has 20 heteroatoms. The maximum atomic E-state index is 13.5. The number of carbonyl (C=O) groups excluding carboxylic acids is 3. The molecule has 3 aromatic rings. The number of amides is 1. The van der Waals surface area contributed by atoms with E-state index in [0.29, 0.717) is 5.56 Å². The van der Waals surface area contributed by atoms with E-state index in [1.54, 1.807) is 45.0 Å². The van der Waals surface area contributed by atoms with Crippen molar-refractivity contribution in [2.75, 3.05) is 13.1 Å². The zero-order valence-corrected chi connectivity index (χ0v) is 28.9. The van der Waals surface area contributed by atoms with Crippen molar-refractivity contribution in [2.45, 2.75) is 76.5 Å². The van der Waals surface area contributed by atoms with Crippen LogP contribution in [0.15, 0.2) is 64.8 Å². The number of nitrogens with zero attached hydrogens (tertiary/aromatic N) is 5. The molecule has 1 unspecified atom stereocenters. The number of alkyl halides is 3. The van der Waals surface area contributed by atoms with Gasteiger partial charge >= 0.3 is 18.3 Å². The van der Waals surface area contributed by atoms with Gasteiger partial charge in [-0.05, 0) is 58.0 Å². The van der Waals surface area contributed by atoms with E-state index in [9.17, 15) is 41.2 Å². The Bertz CT molecular complexity index is 1870. The first-order valence-electron chi connectivity index (χ1n) is 15.3. The molecule has 1 fully saturated rings. The summed E-state index contributed by atoms with van der Waals surface area (Å²) in [6.07, 6.45) is -8.74. The topological polar surface area (TPSA) is 194 Å². The van der Waals surface area contributed by atoms with Crippen LogP contribution in [0.1, 0.15) is 51.8 Å². The minimum absolute atomic E-state index is 0.0669. The van der Waals surface area contributed by atoms with Crippen molar-refractivity contribution in [1.29, 1.82) is 0 Å². The van der Waals surface area contributed by atoms with Gasteiger partial charge < -0.3 is 19.4 Å². The minimum Gasteiger partial charge on any atom is -0.569 e. The number of sulfonamides is 1. The highest BCUT2D eigenvalue weighted by Crippen LogP contribution is 2.33. The highest BCUT2D eigenvalue weighted by atomic mass is 32.2. The third kappa shape index (κ3) is 10.8. The van der Waals surface area contributed by atoms with E-state index in [4.69, 9.17) is 19.0 Å². The molecule has 2 heterocycles. The van der Waals surface area contributed by atoms with E-state index < -0.39 is 70.8 Å². The molecule has 2 aromatic carbocycles. The third-order valence-corrected chi connectivity index (χ3v) is 8.22. The highest BCUT2D eigenvalue weighted by Gasteiger charge is 2.37. The van der Waals surface area contributed by atoms with Gasteiger partial charge in [0.25, 0.3) is 16.3 Å². The molecule has 1 aliphatic rings. The number of aryl methyl sites for hydroxylation is 1. The van der Waals surface area contributed by atoms with Crippen LogP contribution >= 0.6 is 0 Å². The quantitative estimate of drug-likeness (QED) is 0.0879. The Balaban J connectivity index is 1.25. The second-order valence-corrected chi connectivity index (χ2v) is 14.0. The monoisotopic (exact) mass is 740 g/mol. The van der Waals surface area contributed by atoms with Crippen molar-refractivity contribution in [3.63, 3.8) is 0 Å². The van der Waals surface area contributed by atoms with Crippen LogP contribution in [0, 0.1) is 12.1 Å². The van der Waals surface area contributed by atoms with E-state index in [1.807, 2.05) is 11.6 Å². The van der Waals surface area contributed by atoms with E-state index in [-0.39, 0.29) is 34.3 Å². The van der Waals surface area contributed by atoms with Crippen LogP contribution in [-0.4, -0.2) is 77.3 Å². The Kier molecular flexibility index (Phi) is 11.5. The second kappa shape index (κ2) is 15.2. The summed E-state index contributed by atoms with van der Waals surface area (Å²) in [5, 5.41) is 20.1. The van der Waals surface area contributed by atoms with Gasteiger partial charge in [0.05, 0.1) is 27.7 Å². The molecule has 16 nitrogen and oxygen atoms in total. The molecule has 51 heavy (non-hydrogen) atoms. The summed E-state index contributed by atoms with van der Waals surface area (Å²) >= 11 is 0. The fourth-order valence-electron chi connectivity index (χ4n) is 4.35. The summed E-state index contributed by atoms with van der Waals surface area (Å²) in [6, 6.07) is 12.3. The van der Waals surface area contributed by atoms with Crippen molar-refractivity contribution in [3.8, 4) is 16.9 Å². The Morgan fingerprint density at radius 3 is 2.27 bits per heavy atom. The molecule has 1 N–H and O–H groups in total. The van der Waals surface area contributed by atoms with Crippen molar-refractivity contribution < 1.29 is 60.0 Å². The van der Waals surface area contributed by atoms with Crippen molar-refractivity contribution >= 4 is 28.1 Å². The number of nitrogens with one attached hydrogen (secondary N) is 1. The lowest BCUT2D eigenvalue weighted by Crippen LogP contribution is -2.55. The SMILES string of the molecule is Cc1ccc(-c2cc(C(F)(F)F)nn2-c2ccc(S(=O)(=O)NC(=O)CCC(=O)OC3CN(/[N+]([O-])=N/OC(C)OC(=O)OC(C)(C)C)C3)cc2)cc1. The van der Waals surface area contributed by atoms with E-state index in [1.165, 1.54) is 19.1 Å². The fourth-order valence-corrected chi connectivity index (χ4v) is 5.37. The van der Waals surface area contributed by atoms with Crippen LogP contribution in [0.4, 0.5) is 18.0 Å². The van der Waals surface area contributed by atoms with Crippen molar-refractivity contribution in [1.82, 2.24) is 19.5 Å². The number of benzene rings is 2. The number of rotatable bonds is 12. The van der Waals surface area contributed by atoms with Crippen LogP contribution in [0.2, 0.25) is 0 Å². The van der Waals surface area contributed by atoms with Crippen LogP contribution in [0.25, 0.3) is 16.9 Å². The number of hydrogen-bond acceptors (Lipinski definition) is 12. The maximum absolute atomic E-state index is 13.5. The number of aromatic nitrogens is 2. The van der Waals surface area contributed by atoms with Gasteiger partial charge in [-0.3, -0.25) is 14.4 Å². The number of hydrogen-bond donors (Lipinski definition) is 1. The molecule has 1 saturated heterocycles. The lowest BCUT2D eigenvalue weighted by molar-refractivity contribution is -0.728. The van der Waals surface area contributed by atoms with Gasteiger partial charge in [0.2, 0.25) is 11.2 Å². The Hall–Kier alpha value is -5.40. The first-order chi connectivity index (χ1) is 23.7. The lowest BCUT2D eigenvalue weighted by atomic mass is 10.1. The predicted molar refractivity (Wildman–Crippen MR) is 169 cm³/mol. The average Bonchev–Trinajstić information content (AvgIpc) is 3.46. The second-order valence-electron chi connectivity index (χ2n) is 12.3. The molecular weight excluding hydrogens is 705 g/mol. The molecule has 0 bridgehead atoms. The molecule has 276 valence electrons. The molecule has 1 amide bonds. The largest absolute Gasteiger partial charge is 0.569 e. The molecule has 4 rings (SSSR count). The number of esters is 1. The molecular formula is C31H35F3N6O10S. The summed E-state index contributed by atoms with van der Waals surface area (Å²) in [5.74, 6) is -1.84. The van der Waals surface area contributed by atoms with Crippen LogP contribution in [0.5, 0.6) is 0 Å². The average molecular weight is 741 g/mol. The zero-order valence-electron chi connectivity index (χ0n) is 28.0. The molecule has 1 aliphatic heterocycles. The first-order valence-corrected chi connectivity index (χ1v) is 16.8. The Morgan fingerprint density at radius 1 is 1.06 bits per heavy atom. The zero-order chi connectivity index (χ0) is 37.7. The first kappa shape index (κ1) is 38.4. The summed E-state index contributed by atoms with van der Waals surface area (Å²) in [7, 11) is -4.42. The normalized spacial score (nSPS) is 14.7. The van der Waals surface area contributed by atoms with Gasteiger partial charge in [-0.2, -0.15) is 18.3 Å². The number of halogens is 3. The smallest absolute Gasteiger partial charge is 0.511 e. The summed E-state index contributed by atoms with van der Waals surface area (Å²) in [4.78, 5) is 40.7. The standard InChI is InChI=1S/C31H35F3N6O10S/c1-19-6-8-21(9-7-19)25-16-26(31(32,33)34)35-39(25)22-10-12-24(13-11-22)51(45,46)36-27(41)14-15-28(42)48-23-17-38(18-23)40(44)37-50-20(2)47-29(43)49-30(3,4)5/h6-13,16,20,23H,14-15,17-18H2,1-5H3,(H,36,41)/b40-37-. The number of carbonyl (C=O) groups is 3.